The maximum atomic E-state index is 6.48. The van der Waals surface area contributed by atoms with E-state index in [1.807, 2.05) is 6.07 Å². The lowest BCUT2D eigenvalue weighted by molar-refractivity contribution is 0.00578. The van der Waals surface area contributed by atoms with Crippen LogP contribution in [-0.2, 0) is 9.31 Å². The van der Waals surface area contributed by atoms with Crippen molar-refractivity contribution in [3.63, 3.8) is 0 Å². The number of fused-ring (bicyclic) bond motifs is 1. The van der Waals surface area contributed by atoms with Crippen molar-refractivity contribution in [2.24, 2.45) is 0 Å². The summed E-state index contributed by atoms with van der Waals surface area (Å²) in [5.41, 5.74) is 3.37. The van der Waals surface area contributed by atoms with Gasteiger partial charge in [-0.25, -0.2) is 0 Å². The SMILES string of the molecule is CC(C)[Si](C(C)C)(C(C)C)n1cc(B2OC(C)(C)C(C)(C)O2)c2ccc(Cl)cc21. The molecule has 2 aromatic rings. The van der Waals surface area contributed by atoms with E-state index in [0.29, 0.717) is 16.6 Å². The van der Waals surface area contributed by atoms with Gasteiger partial charge in [-0.05, 0) is 68.0 Å². The molecular weight excluding hydrogens is 397 g/mol. The van der Waals surface area contributed by atoms with E-state index in [1.54, 1.807) is 0 Å². The smallest absolute Gasteiger partial charge is 0.399 e. The second-order valence-corrected chi connectivity index (χ2v) is 16.7. The molecule has 29 heavy (non-hydrogen) atoms. The molecule has 3 nitrogen and oxygen atoms in total. The quantitative estimate of drug-likeness (QED) is 0.495. The second-order valence-electron chi connectivity index (χ2n) is 10.6. The molecule has 0 spiro atoms. The molecule has 1 aromatic heterocycles. The summed E-state index contributed by atoms with van der Waals surface area (Å²) in [6, 6.07) is 6.24. The first kappa shape index (κ1) is 22.9. The third-order valence-electron chi connectivity index (χ3n) is 7.50. The van der Waals surface area contributed by atoms with Gasteiger partial charge in [-0.1, -0.05) is 59.2 Å². The Morgan fingerprint density at radius 3 is 1.83 bits per heavy atom. The van der Waals surface area contributed by atoms with Gasteiger partial charge >= 0.3 is 7.12 Å². The van der Waals surface area contributed by atoms with Gasteiger partial charge in [0.2, 0.25) is 0 Å². The van der Waals surface area contributed by atoms with Crippen LogP contribution >= 0.6 is 11.6 Å². The van der Waals surface area contributed by atoms with E-state index in [0.717, 1.165) is 10.5 Å². The highest BCUT2D eigenvalue weighted by molar-refractivity contribution is 6.83. The zero-order valence-electron chi connectivity index (χ0n) is 19.8. The minimum Gasteiger partial charge on any atom is -0.399 e. The predicted octanol–water partition coefficient (Wildman–Crippen LogP) is 6.62. The summed E-state index contributed by atoms with van der Waals surface area (Å²) < 4.78 is 15.5. The molecule has 0 unspecified atom stereocenters. The van der Waals surface area contributed by atoms with Gasteiger partial charge in [0.15, 0.2) is 8.24 Å². The molecule has 3 rings (SSSR count). The number of nitrogens with zero attached hydrogens (tertiary/aromatic N) is 1. The van der Waals surface area contributed by atoms with E-state index in [2.05, 4.69) is 91.8 Å². The average Bonchev–Trinajstić information content (AvgIpc) is 3.02. The molecule has 1 saturated heterocycles. The monoisotopic (exact) mass is 433 g/mol. The summed E-state index contributed by atoms with van der Waals surface area (Å²) in [4.78, 5) is 0. The van der Waals surface area contributed by atoms with Crippen molar-refractivity contribution in [1.82, 2.24) is 4.23 Å². The maximum absolute atomic E-state index is 6.48. The Balaban J connectivity index is 2.29. The van der Waals surface area contributed by atoms with Crippen LogP contribution in [0.1, 0.15) is 69.2 Å². The number of benzene rings is 1. The minimum atomic E-state index is -1.95. The van der Waals surface area contributed by atoms with Gasteiger partial charge in [-0.3, -0.25) is 0 Å². The van der Waals surface area contributed by atoms with Crippen molar-refractivity contribution in [3.05, 3.63) is 29.4 Å². The van der Waals surface area contributed by atoms with Crippen LogP contribution in [-0.4, -0.2) is 30.8 Å². The highest BCUT2D eigenvalue weighted by Crippen LogP contribution is 2.45. The Kier molecular flexibility index (Phi) is 5.88. The average molecular weight is 434 g/mol. The van der Waals surface area contributed by atoms with E-state index < -0.39 is 8.24 Å². The summed E-state index contributed by atoms with van der Waals surface area (Å²) in [5.74, 6) is 0. The lowest BCUT2D eigenvalue weighted by Crippen LogP contribution is -2.52. The molecule has 0 amide bonds. The fourth-order valence-corrected chi connectivity index (χ4v) is 12.3. The molecule has 160 valence electrons. The van der Waals surface area contributed by atoms with E-state index in [4.69, 9.17) is 20.9 Å². The van der Waals surface area contributed by atoms with Gasteiger partial charge in [-0.15, -0.1) is 0 Å². The Labute approximate surface area is 183 Å². The Hall–Kier alpha value is -0.748. The summed E-state index contributed by atoms with van der Waals surface area (Å²) in [5, 5.41) is 1.96. The van der Waals surface area contributed by atoms with Crippen LogP contribution in [0.15, 0.2) is 24.4 Å². The molecule has 0 atom stereocenters. The normalized spacial score (nSPS) is 19.3. The first-order chi connectivity index (χ1) is 13.3. The van der Waals surface area contributed by atoms with Crippen molar-refractivity contribution >= 4 is 43.3 Å². The van der Waals surface area contributed by atoms with Crippen LogP contribution in [0.3, 0.4) is 0 Å². The van der Waals surface area contributed by atoms with Crippen molar-refractivity contribution in [2.45, 2.75) is 97.1 Å². The third-order valence-corrected chi connectivity index (χ3v) is 14.5. The molecular formula is C23H37BClNO2Si. The van der Waals surface area contributed by atoms with Crippen LogP contribution in [0.4, 0.5) is 0 Å². The van der Waals surface area contributed by atoms with Crippen LogP contribution in [0, 0.1) is 0 Å². The van der Waals surface area contributed by atoms with E-state index in [9.17, 15) is 0 Å². The van der Waals surface area contributed by atoms with Gasteiger partial charge in [0.25, 0.3) is 0 Å². The summed E-state index contributed by atoms with van der Waals surface area (Å²) in [6.07, 6.45) is 2.33. The Morgan fingerprint density at radius 1 is 0.897 bits per heavy atom. The third kappa shape index (κ3) is 3.42. The van der Waals surface area contributed by atoms with Crippen molar-refractivity contribution in [2.75, 3.05) is 0 Å². The molecule has 1 fully saturated rings. The van der Waals surface area contributed by atoms with Crippen molar-refractivity contribution < 1.29 is 9.31 Å². The number of hydrogen-bond acceptors (Lipinski definition) is 2. The fraction of sp³-hybridized carbons (Fsp3) is 0.652. The highest BCUT2D eigenvalue weighted by atomic mass is 35.5. The van der Waals surface area contributed by atoms with Crippen LogP contribution in [0.25, 0.3) is 10.9 Å². The fourth-order valence-electron chi connectivity index (χ4n) is 5.54. The van der Waals surface area contributed by atoms with Gasteiger partial charge < -0.3 is 13.5 Å². The minimum absolute atomic E-state index is 0.360. The maximum Gasteiger partial charge on any atom is 0.497 e. The number of halogens is 1. The zero-order chi connectivity index (χ0) is 21.9. The van der Waals surface area contributed by atoms with Gasteiger partial charge in [0.1, 0.15) is 0 Å². The lowest BCUT2D eigenvalue weighted by Gasteiger charge is -2.44. The second kappa shape index (κ2) is 7.44. The van der Waals surface area contributed by atoms with Crippen LogP contribution in [0.5, 0.6) is 0 Å². The number of hydrogen-bond donors (Lipinski definition) is 0. The number of rotatable bonds is 5. The van der Waals surface area contributed by atoms with Gasteiger partial charge in [0.05, 0.1) is 11.2 Å². The molecule has 1 aliphatic heterocycles. The predicted molar refractivity (Wildman–Crippen MR) is 129 cm³/mol. The molecule has 0 saturated carbocycles. The van der Waals surface area contributed by atoms with E-state index in [-0.39, 0.29) is 18.3 Å². The Bertz CT molecular complexity index is 866. The molecule has 1 aliphatic rings. The van der Waals surface area contributed by atoms with E-state index in [1.165, 1.54) is 10.9 Å². The zero-order valence-corrected chi connectivity index (χ0v) is 21.5. The molecule has 0 N–H and O–H groups in total. The molecule has 6 heteroatoms. The van der Waals surface area contributed by atoms with Gasteiger partial charge in [0, 0.05) is 16.0 Å². The molecule has 0 bridgehead atoms. The molecule has 0 aliphatic carbocycles. The highest BCUT2D eigenvalue weighted by Gasteiger charge is 2.53. The topological polar surface area (TPSA) is 23.4 Å². The standard InChI is InChI=1S/C23H37BClNO2Si/c1-15(2)29(16(3)4,17(5)6)26-14-20(19-12-11-18(25)13-21(19)26)24-27-22(7,8)23(9,10)28-24/h11-17H,1-10H3. The Morgan fingerprint density at radius 2 is 1.38 bits per heavy atom. The molecule has 2 heterocycles. The van der Waals surface area contributed by atoms with Crippen molar-refractivity contribution in [3.8, 4) is 0 Å². The number of aromatic nitrogens is 1. The summed E-state index contributed by atoms with van der Waals surface area (Å²) in [6.45, 7) is 22.8. The first-order valence-electron chi connectivity index (χ1n) is 10.9. The van der Waals surface area contributed by atoms with Crippen LogP contribution in [0.2, 0.25) is 21.6 Å². The lowest BCUT2D eigenvalue weighted by atomic mass is 9.79. The first-order valence-corrected chi connectivity index (χ1v) is 13.5. The summed E-state index contributed by atoms with van der Waals surface area (Å²) in [7, 11) is -2.32. The molecule has 1 aromatic carbocycles. The molecule has 0 radical (unpaired) electrons. The largest absolute Gasteiger partial charge is 0.497 e. The summed E-state index contributed by atoms with van der Waals surface area (Å²) >= 11 is 6.48. The van der Waals surface area contributed by atoms with E-state index >= 15 is 0 Å². The van der Waals surface area contributed by atoms with Gasteiger partial charge in [-0.2, -0.15) is 0 Å². The van der Waals surface area contributed by atoms with Crippen LogP contribution < -0.4 is 5.46 Å². The van der Waals surface area contributed by atoms with Crippen molar-refractivity contribution in [1.29, 1.82) is 0 Å².